The second-order valence-corrected chi connectivity index (χ2v) is 5.24. The van der Waals surface area contributed by atoms with Crippen molar-refractivity contribution < 1.29 is 4.42 Å². The van der Waals surface area contributed by atoms with Crippen LogP contribution in [0.3, 0.4) is 0 Å². The van der Waals surface area contributed by atoms with Crippen LogP contribution in [-0.4, -0.2) is 15.0 Å². The van der Waals surface area contributed by atoms with Crippen molar-refractivity contribution in [3.8, 4) is 11.5 Å². The Bertz CT molecular complexity index is 798. The van der Waals surface area contributed by atoms with Crippen molar-refractivity contribution in [1.82, 2.24) is 15.0 Å². The molecule has 2 aromatic heterocycles. The van der Waals surface area contributed by atoms with Gasteiger partial charge in [-0.25, -0.2) is 9.97 Å². The van der Waals surface area contributed by atoms with Crippen LogP contribution < -0.4 is 11.3 Å². The molecule has 2 heterocycles. The number of hydrogen-bond acceptors (Lipinski definition) is 6. The molecule has 0 amide bonds. The van der Waals surface area contributed by atoms with Gasteiger partial charge in [-0.05, 0) is 12.1 Å². The molecule has 3 aromatic rings. The summed E-state index contributed by atoms with van der Waals surface area (Å²) in [7, 11) is 0. The van der Waals surface area contributed by atoms with Gasteiger partial charge in [-0.2, -0.15) is 0 Å². The molecule has 21 heavy (non-hydrogen) atoms. The van der Waals surface area contributed by atoms with Crippen molar-refractivity contribution in [1.29, 1.82) is 0 Å². The lowest BCUT2D eigenvalue weighted by atomic mass is 10.2. The molecule has 106 valence electrons. The zero-order valence-electron chi connectivity index (χ0n) is 10.9. The van der Waals surface area contributed by atoms with E-state index in [1.165, 1.54) is 17.8 Å². The number of nitrogens with one attached hydrogen (secondary N) is 1. The van der Waals surface area contributed by atoms with E-state index in [-0.39, 0.29) is 11.4 Å². The summed E-state index contributed by atoms with van der Waals surface area (Å²) in [6.45, 7) is 0. The highest BCUT2D eigenvalue weighted by Crippen LogP contribution is 2.22. The Morgan fingerprint density at radius 2 is 2.05 bits per heavy atom. The van der Waals surface area contributed by atoms with E-state index in [1.54, 1.807) is 6.26 Å². The number of thioether (sulfide) groups is 1. The lowest BCUT2D eigenvalue weighted by Gasteiger charge is -1.98. The molecular weight excluding hydrogens is 288 g/mol. The fraction of sp³-hybridized carbons (Fsp3) is 0.0714. The van der Waals surface area contributed by atoms with E-state index in [0.29, 0.717) is 16.8 Å². The Kier molecular flexibility index (Phi) is 3.74. The summed E-state index contributed by atoms with van der Waals surface area (Å²) in [5.41, 5.74) is 6.95. The molecule has 3 rings (SSSR count). The average molecular weight is 300 g/mol. The Morgan fingerprint density at radius 1 is 1.24 bits per heavy atom. The van der Waals surface area contributed by atoms with Crippen LogP contribution in [0.1, 0.15) is 5.69 Å². The number of H-pyrrole nitrogens is 1. The van der Waals surface area contributed by atoms with Crippen LogP contribution in [0.5, 0.6) is 0 Å². The number of anilines is 1. The third-order valence-corrected chi connectivity index (χ3v) is 3.58. The van der Waals surface area contributed by atoms with Crippen LogP contribution in [0.2, 0.25) is 0 Å². The second-order valence-electron chi connectivity index (χ2n) is 4.27. The maximum atomic E-state index is 11.3. The van der Waals surface area contributed by atoms with Gasteiger partial charge in [0.15, 0.2) is 5.16 Å². The van der Waals surface area contributed by atoms with Gasteiger partial charge in [0.1, 0.15) is 12.1 Å². The van der Waals surface area contributed by atoms with Gasteiger partial charge in [-0.1, -0.05) is 30.0 Å². The molecule has 0 spiro atoms. The van der Waals surface area contributed by atoms with Crippen LogP contribution in [0, 0.1) is 0 Å². The van der Waals surface area contributed by atoms with E-state index < -0.39 is 0 Å². The molecule has 3 N–H and O–H groups in total. The highest BCUT2D eigenvalue weighted by atomic mass is 32.2. The number of nitrogen functional groups attached to an aromatic ring is 1. The van der Waals surface area contributed by atoms with E-state index in [9.17, 15) is 4.79 Å². The molecule has 0 saturated heterocycles. The van der Waals surface area contributed by atoms with E-state index in [0.717, 1.165) is 11.3 Å². The maximum absolute atomic E-state index is 11.3. The summed E-state index contributed by atoms with van der Waals surface area (Å²) in [4.78, 5) is 22.3. The minimum atomic E-state index is -0.268. The first-order chi connectivity index (χ1) is 10.2. The molecule has 0 saturated carbocycles. The van der Waals surface area contributed by atoms with Gasteiger partial charge in [0.05, 0.1) is 5.69 Å². The first-order valence-electron chi connectivity index (χ1n) is 6.20. The molecule has 0 unspecified atom stereocenters. The van der Waals surface area contributed by atoms with Crippen LogP contribution >= 0.6 is 11.8 Å². The summed E-state index contributed by atoms with van der Waals surface area (Å²) in [6, 6.07) is 10.9. The van der Waals surface area contributed by atoms with Crippen LogP contribution in [0.25, 0.3) is 11.5 Å². The quantitative estimate of drug-likeness (QED) is 0.566. The van der Waals surface area contributed by atoms with Crippen LogP contribution in [0.4, 0.5) is 5.82 Å². The monoisotopic (exact) mass is 300 g/mol. The highest BCUT2D eigenvalue weighted by molar-refractivity contribution is 7.98. The second kappa shape index (κ2) is 5.84. The molecule has 0 bridgehead atoms. The van der Waals surface area contributed by atoms with Gasteiger partial charge in [-0.3, -0.25) is 4.79 Å². The molecule has 0 radical (unpaired) electrons. The third-order valence-electron chi connectivity index (χ3n) is 2.67. The number of benzene rings is 1. The number of rotatable bonds is 4. The van der Waals surface area contributed by atoms with E-state index >= 15 is 0 Å². The van der Waals surface area contributed by atoms with E-state index in [4.69, 9.17) is 10.2 Å². The summed E-state index contributed by atoms with van der Waals surface area (Å²) >= 11 is 1.34. The van der Waals surface area contributed by atoms with Gasteiger partial charge in [0.25, 0.3) is 5.56 Å². The first-order valence-corrected chi connectivity index (χ1v) is 7.19. The standard InChI is InChI=1S/C14H12N4O2S/c15-11-6-12(19)18-14(17-11)21-8-10-7-20-13(16-10)9-4-2-1-3-5-9/h1-7H,8H2,(H3,15,17,18,19). The number of nitrogens with two attached hydrogens (primary N) is 1. The third kappa shape index (κ3) is 3.32. The number of aromatic amines is 1. The smallest absolute Gasteiger partial charge is 0.253 e. The van der Waals surface area contributed by atoms with E-state index in [1.807, 2.05) is 30.3 Å². The molecule has 0 aliphatic heterocycles. The molecule has 6 nitrogen and oxygen atoms in total. The fourth-order valence-electron chi connectivity index (χ4n) is 1.75. The number of aromatic nitrogens is 3. The van der Waals surface area contributed by atoms with Gasteiger partial charge < -0.3 is 15.1 Å². The Labute approximate surface area is 124 Å². The van der Waals surface area contributed by atoms with E-state index in [2.05, 4.69) is 15.0 Å². The van der Waals surface area contributed by atoms with Gasteiger partial charge in [0, 0.05) is 17.4 Å². The number of hydrogen-bond donors (Lipinski definition) is 2. The van der Waals surface area contributed by atoms with Crippen molar-refractivity contribution in [3.63, 3.8) is 0 Å². The molecule has 0 aliphatic carbocycles. The summed E-state index contributed by atoms with van der Waals surface area (Å²) in [5, 5.41) is 0.462. The molecule has 0 aliphatic rings. The van der Waals surface area contributed by atoms with Gasteiger partial charge in [0.2, 0.25) is 5.89 Å². The molecular formula is C14H12N4O2S. The number of oxazole rings is 1. The van der Waals surface area contributed by atoms with Crippen LogP contribution in [-0.2, 0) is 5.75 Å². The predicted octanol–water partition coefficient (Wildman–Crippen LogP) is 2.30. The molecule has 0 atom stereocenters. The topological polar surface area (TPSA) is 97.8 Å². The number of nitrogens with zero attached hydrogens (tertiary/aromatic N) is 2. The lowest BCUT2D eigenvalue weighted by Crippen LogP contribution is -2.09. The van der Waals surface area contributed by atoms with Crippen molar-refractivity contribution in [2.24, 2.45) is 0 Å². The Hall–Kier alpha value is -2.54. The van der Waals surface area contributed by atoms with Crippen molar-refractivity contribution in [2.75, 3.05) is 5.73 Å². The summed E-state index contributed by atoms with van der Waals surface area (Å²) in [5.74, 6) is 1.30. The zero-order valence-corrected chi connectivity index (χ0v) is 11.8. The van der Waals surface area contributed by atoms with Gasteiger partial charge in [-0.15, -0.1) is 0 Å². The fourth-order valence-corrected chi connectivity index (χ4v) is 2.51. The minimum absolute atomic E-state index is 0.200. The molecule has 7 heteroatoms. The summed E-state index contributed by atoms with van der Waals surface area (Å²) in [6.07, 6.45) is 1.60. The highest BCUT2D eigenvalue weighted by Gasteiger charge is 2.07. The zero-order chi connectivity index (χ0) is 14.7. The first kappa shape index (κ1) is 13.4. The van der Waals surface area contributed by atoms with Crippen molar-refractivity contribution >= 4 is 17.6 Å². The molecule has 1 aromatic carbocycles. The normalized spacial score (nSPS) is 10.7. The SMILES string of the molecule is Nc1cc(=O)[nH]c(SCc2coc(-c3ccccc3)n2)n1. The largest absolute Gasteiger partial charge is 0.444 e. The minimum Gasteiger partial charge on any atom is -0.444 e. The molecule has 0 fully saturated rings. The Balaban J connectivity index is 1.72. The van der Waals surface area contributed by atoms with Crippen LogP contribution in [0.15, 0.2) is 57.0 Å². The van der Waals surface area contributed by atoms with Gasteiger partial charge >= 0.3 is 0 Å². The lowest BCUT2D eigenvalue weighted by molar-refractivity contribution is 0.573. The predicted molar refractivity (Wildman–Crippen MR) is 80.8 cm³/mol. The van der Waals surface area contributed by atoms with Crippen molar-refractivity contribution in [3.05, 3.63) is 58.7 Å². The summed E-state index contributed by atoms with van der Waals surface area (Å²) < 4.78 is 5.45. The van der Waals surface area contributed by atoms with Crippen molar-refractivity contribution in [2.45, 2.75) is 10.9 Å². The average Bonchev–Trinajstić information content (AvgIpc) is 2.94. The Morgan fingerprint density at radius 3 is 2.81 bits per heavy atom. The maximum Gasteiger partial charge on any atom is 0.253 e.